The summed E-state index contributed by atoms with van der Waals surface area (Å²) in [4.78, 5) is 11.2. The van der Waals surface area contributed by atoms with Crippen LogP contribution in [0.5, 0.6) is 0 Å². The maximum absolute atomic E-state index is 4.51. The quantitative estimate of drug-likeness (QED) is 0.850. The molecular formula is C14H21N5S. The van der Waals surface area contributed by atoms with Crippen LogP contribution in [0.15, 0.2) is 6.33 Å². The zero-order chi connectivity index (χ0) is 14.1. The first-order chi connectivity index (χ1) is 9.70. The number of anilines is 1. The summed E-state index contributed by atoms with van der Waals surface area (Å²) in [5.41, 5.74) is 2.26. The van der Waals surface area contributed by atoms with E-state index in [1.807, 2.05) is 16.3 Å². The Morgan fingerprint density at radius 1 is 1.30 bits per heavy atom. The number of hydrogen-bond donors (Lipinski definition) is 0. The van der Waals surface area contributed by atoms with E-state index >= 15 is 0 Å². The summed E-state index contributed by atoms with van der Waals surface area (Å²) in [6.45, 7) is 6.37. The molecule has 2 aromatic heterocycles. The zero-order valence-corrected chi connectivity index (χ0v) is 13.2. The van der Waals surface area contributed by atoms with E-state index in [1.165, 1.54) is 30.6 Å². The van der Waals surface area contributed by atoms with Gasteiger partial charge in [0.25, 0.3) is 5.78 Å². The van der Waals surface area contributed by atoms with Gasteiger partial charge in [0.05, 0.1) is 0 Å². The van der Waals surface area contributed by atoms with Crippen molar-refractivity contribution in [2.24, 2.45) is 0 Å². The van der Waals surface area contributed by atoms with Crippen molar-refractivity contribution in [3.63, 3.8) is 0 Å². The molecule has 0 radical (unpaired) electrons. The lowest BCUT2D eigenvalue weighted by Crippen LogP contribution is -2.32. The average Bonchev–Trinajstić information content (AvgIpc) is 2.76. The topological polar surface area (TPSA) is 46.3 Å². The third-order valence-electron chi connectivity index (χ3n) is 4.14. The third-order valence-corrected chi connectivity index (χ3v) is 5.19. The molecule has 0 aromatic carbocycles. The fourth-order valence-electron chi connectivity index (χ4n) is 2.87. The molecule has 3 rings (SSSR count). The Balaban J connectivity index is 2.07. The van der Waals surface area contributed by atoms with Crippen molar-refractivity contribution >= 4 is 23.4 Å². The number of nitrogens with zero attached hydrogens (tertiary/aromatic N) is 5. The second-order valence-electron chi connectivity index (χ2n) is 5.42. The standard InChI is InChI=1S/C14H21N5S/c1-10-11(2)17-14-15-9-16-19(14)13(10)18-7-5-4-6-12(8-18)20-3/h9,12H,4-8H2,1-3H3. The second kappa shape index (κ2) is 5.60. The second-order valence-corrected chi connectivity index (χ2v) is 6.56. The highest BCUT2D eigenvalue weighted by atomic mass is 32.2. The Hall–Kier alpha value is -1.30. The Labute approximate surface area is 123 Å². The van der Waals surface area contributed by atoms with Crippen LogP contribution in [-0.4, -0.2) is 44.2 Å². The summed E-state index contributed by atoms with van der Waals surface area (Å²) in [7, 11) is 0. The highest BCUT2D eigenvalue weighted by Crippen LogP contribution is 2.27. The van der Waals surface area contributed by atoms with Gasteiger partial charge in [-0.3, -0.25) is 0 Å². The number of aryl methyl sites for hydroxylation is 1. The van der Waals surface area contributed by atoms with Crippen molar-refractivity contribution in [1.29, 1.82) is 0 Å². The molecule has 0 N–H and O–H groups in total. The first-order valence-electron chi connectivity index (χ1n) is 7.15. The molecule has 1 unspecified atom stereocenters. The van der Waals surface area contributed by atoms with Crippen LogP contribution in [0.1, 0.15) is 30.5 Å². The number of hydrogen-bond acceptors (Lipinski definition) is 5. The van der Waals surface area contributed by atoms with Crippen molar-refractivity contribution in [2.75, 3.05) is 24.2 Å². The largest absolute Gasteiger partial charge is 0.355 e. The number of thioether (sulfide) groups is 1. The van der Waals surface area contributed by atoms with Crippen LogP contribution in [0.4, 0.5) is 5.82 Å². The first kappa shape index (κ1) is 13.7. The minimum Gasteiger partial charge on any atom is -0.355 e. The summed E-state index contributed by atoms with van der Waals surface area (Å²) in [6.07, 6.45) is 7.67. The fourth-order valence-corrected chi connectivity index (χ4v) is 3.61. The summed E-state index contributed by atoms with van der Waals surface area (Å²) in [5, 5.41) is 5.07. The molecule has 1 saturated heterocycles. The minimum atomic E-state index is 0.698. The summed E-state index contributed by atoms with van der Waals surface area (Å²) >= 11 is 1.97. The molecule has 1 aliphatic heterocycles. The van der Waals surface area contributed by atoms with Gasteiger partial charge in [0, 0.05) is 29.6 Å². The SMILES string of the molecule is CSC1CCCCN(c2c(C)c(C)nc3ncnn23)C1. The molecule has 108 valence electrons. The molecule has 1 aliphatic rings. The van der Waals surface area contributed by atoms with Gasteiger partial charge in [-0.15, -0.1) is 0 Å². The molecule has 20 heavy (non-hydrogen) atoms. The first-order valence-corrected chi connectivity index (χ1v) is 8.44. The number of aromatic nitrogens is 4. The maximum Gasteiger partial charge on any atom is 0.254 e. The number of fused-ring (bicyclic) bond motifs is 1. The molecule has 3 heterocycles. The van der Waals surface area contributed by atoms with Gasteiger partial charge >= 0.3 is 0 Å². The van der Waals surface area contributed by atoms with Gasteiger partial charge in [-0.2, -0.15) is 26.4 Å². The average molecular weight is 291 g/mol. The van der Waals surface area contributed by atoms with Crippen molar-refractivity contribution in [3.8, 4) is 0 Å². The molecule has 0 bridgehead atoms. The zero-order valence-electron chi connectivity index (χ0n) is 12.3. The van der Waals surface area contributed by atoms with E-state index in [0.717, 1.165) is 18.8 Å². The van der Waals surface area contributed by atoms with Crippen LogP contribution < -0.4 is 4.90 Å². The van der Waals surface area contributed by atoms with Gasteiger partial charge in [0.15, 0.2) is 0 Å². The summed E-state index contributed by atoms with van der Waals surface area (Å²) in [6, 6.07) is 0. The number of rotatable bonds is 2. The highest BCUT2D eigenvalue weighted by Gasteiger charge is 2.22. The van der Waals surface area contributed by atoms with Gasteiger partial charge in [-0.1, -0.05) is 6.42 Å². The van der Waals surface area contributed by atoms with Gasteiger partial charge in [0.1, 0.15) is 12.1 Å². The van der Waals surface area contributed by atoms with Gasteiger partial charge in [-0.05, 0) is 32.9 Å². The van der Waals surface area contributed by atoms with Gasteiger partial charge < -0.3 is 4.90 Å². The van der Waals surface area contributed by atoms with Crippen LogP contribution in [0.2, 0.25) is 0 Å². The van der Waals surface area contributed by atoms with E-state index in [4.69, 9.17) is 0 Å². The summed E-state index contributed by atoms with van der Waals surface area (Å²) in [5.74, 6) is 1.87. The molecule has 1 fully saturated rings. The molecular weight excluding hydrogens is 270 g/mol. The minimum absolute atomic E-state index is 0.698. The van der Waals surface area contributed by atoms with E-state index in [2.05, 4.69) is 40.1 Å². The molecule has 0 amide bonds. The Morgan fingerprint density at radius 2 is 2.15 bits per heavy atom. The summed E-state index contributed by atoms with van der Waals surface area (Å²) < 4.78 is 1.89. The molecule has 2 aromatic rings. The van der Waals surface area contributed by atoms with Crippen LogP contribution >= 0.6 is 11.8 Å². The maximum atomic E-state index is 4.51. The lowest BCUT2D eigenvalue weighted by atomic mass is 10.2. The molecule has 6 heteroatoms. The van der Waals surface area contributed by atoms with Crippen molar-refractivity contribution in [1.82, 2.24) is 19.6 Å². The molecule has 5 nitrogen and oxygen atoms in total. The molecule has 0 aliphatic carbocycles. The van der Waals surface area contributed by atoms with Crippen molar-refractivity contribution in [3.05, 3.63) is 17.6 Å². The molecule has 1 atom stereocenters. The highest BCUT2D eigenvalue weighted by molar-refractivity contribution is 7.99. The van der Waals surface area contributed by atoms with Gasteiger partial charge in [0.2, 0.25) is 0 Å². The van der Waals surface area contributed by atoms with Crippen LogP contribution in [0.25, 0.3) is 5.78 Å². The van der Waals surface area contributed by atoms with E-state index in [9.17, 15) is 0 Å². The van der Waals surface area contributed by atoms with Crippen molar-refractivity contribution in [2.45, 2.75) is 38.4 Å². The lowest BCUT2D eigenvalue weighted by molar-refractivity contribution is 0.734. The van der Waals surface area contributed by atoms with E-state index in [1.54, 1.807) is 6.33 Å². The Bertz CT molecular complexity index is 609. The van der Waals surface area contributed by atoms with Crippen LogP contribution in [-0.2, 0) is 0 Å². The molecule has 0 saturated carbocycles. The van der Waals surface area contributed by atoms with Gasteiger partial charge in [-0.25, -0.2) is 4.98 Å². The van der Waals surface area contributed by atoms with E-state index < -0.39 is 0 Å². The smallest absolute Gasteiger partial charge is 0.254 e. The fraction of sp³-hybridized carbons (Fsp3) is 0.643. The Kier molecular flexibility index (Phi) is 3.83. The predicted molar refractivity (Wildman–Crippen MR) is 83.6 cm³/mol. The van der Waals surface area contributed by atoms with Crippen LogP contribution in [0.3, 0.4) is 0 Å². The third kappa shape index (κ3) is 2.37. The normalized spacial score (nSPS) is 20.4. The predicted octanol–water partition coefficient (Wildman–Crippen LogP) is 2.46. The van der Waals surface area contributed by atoms with Crippen LogP contribution in [0, 0.1) is 13.8 Å². The van der Waals surface area contributed by atoms with Crippen molar-refractivity contribution < 1.29 is 0 Å². The molecule has 0 spiro atoms. The van der Waals surface area contributed by atoms with E-state index in [-0.39, 0.29) is 0 Å². The monoisotopic (exact) mass is 291 g/mol. The van der Waals surface area contributed by atoms with E-state index in [0.29, 0.717) is 11.0 Å². The Morgan fingerprint density at radius 3 is 2.95 bits per heavy atom. The lowest BCUT2D eigenvalue weighted by Gasteiger charge is -2.27.